The zero-order chi connectivity index (χ0) is 20.8. The number of furan rings is 1. The number of amides is 2. The molecular formula is C20H15ClF2N2O4. The molecule has 9 heteroatoms. The Bertz CT molecular complexity index is 1100. The van der Waals surface area contributed by atoms with Crippen LogP contribution in [0, 0.1) is 0 Å². The highest BCUT2D eigenvalue weighted by Crippen LogP contribution is 2.35. The van der Waals surface area contributed by atoms with Crippen molar-refractivity contribution in [1.82, 2.24) is 10.2 Å². The van der Waals surface area contributed by atoms with E-state index in [0.717, 1.165) is 16.0 Å². The van der Waals surface area contributed by atoms with E-state index in [1.807, 2.05) is 0 Å². The summed E-state index contributed by atoms with van der Waals surface area (Å²) >= 11 is 6.29. The highest BCUT2D eigenvalue weighted by atomic mass is 35.5. The van der Waals surface area contributed by atoms with Crippen LogP contribution in [0.2, 0.25) is 5.02 Å². The zero-order valence-electron chi connectivity index (χ0n) is 15.2. The van der Waals surface area contributed by atoms with Crippen LogP contribution in [-0.2, 0) is 0 Å². The minimum atomic E-state index is -2.80. The lowest BCUT2D eigenvalue weighted by molar-refractivity contribution is -0.113. The summed E-state index contributed by atoms with van der Waals surface area (Å²) in [6.07, 6.45) is -0.666. The summed E-state index contributed by atoms with van der Waals surface area (Å²) in [5.74, 6) is -3.22. The number of benzene rings is 2. The second-order valence-electron chi connectivity index (χ2n) is 6.68. The number of alkyl halides is 2. The maximum atomic E-state index is 13.0. The molecule has 1 aromatic heterocycles. The van der Waals surface area contributed by atoms with Gasteiger partial charge < -0.3 is 19.4 Å². The molecule has 1 aliphatic heterocycles. The molecular weight excluding hydrogens is 406 g/mol. The number of hydrogen-bond donors (Lipinski definition) is 1. The van der Waals surface area contributed by atoms with E-state index in [9.17, 15) is 18.4 Å². The standard InChI is InChI=1S/C20H15ClF2N2O4/c1-24-19(27)29-16-8-14-6-13(7-15(21)17(14)28-16)11-2-4-12(5-3-11)18(26)25-9-20(22,23)10-25/h2-8H,9-10H2,1H3,(H,24,27). The van der Waals surface area contributed by atoms with E-state index in [1.165, 1.54) is 7.05 Å². The predicted octanol–water partition coefficient (Wildman–Crippen LogP) is 4.56. The number of carbonyl (C=O) groups excluding carboxylic acids is 2. The lowest BCUT2D eigenvalue weighted by Gasteiger charge is -2.38. The Kier molecular flexibility index (Phi) is 4.66. The number of hydrogen-bond acceptors (Lipinski definition) is 4. The summed E-state index contributed by atoms with van der Waals surface area (Å²) in [4.78, 5) is 24.7. The second-order valence-corrected chi connectivity index (χ2v) is 7.08. The summed E-state index contributed by atoms with van der Waals surface area (Å²) in [7, 11) is 1.43. The fourth-order valence-electron chi connectivity index (χ4n) is 3.09. The number of fused-ring (bicyclic) bond motifs is 1. The van der Waals surface area contributed by atoms with Crippen molar-refractivity contribution in [1.29, 1.82) is 0 Å². The molecule has 0 aliphatic carbocycles. The molecule has 0 unspecified atom stereocenters. The van der Waals surface area contributed by atoms with Gasteiger partial charge in [-0.3, -0.25) is 4.79 Å². The topological polar surface area (TPSA) is 71.8 Å². The van der Waals surface area contributed by atoms with Crippen LogP contribution in [-0.4, -0.2) is 43.0 Å². The number of nitrogens with zero attached hydrogens (tertiary/aromatic N) is 1. The molecule has 4 rings (SSSR count). The molecule has 0 saturated carbocycles. The average molecular weight is 421 g/mol. The molecule has 2 aromatic carbocycles. The highest BCUT2D eigenvalue weighted by Gasteiger charge is 2.46. The molecule has 1 N–H and O–H groups in total. The van der Waals surface area contributed by atoms with Gasteiger partial charge in [-0.1, -0.05) is 23.7 Å². The number of carbonyl (C=O) groups is 2. The predicted molar refractivity (Wildman–Crippen MR) is 103 cm³/mol. The van der Waals surface area contributed by atoms with E-state index in [-0.39, 0.29) is 5.95 Å². The smallest absolute Gasteiger partial charge is 0.414 e. The Morgan fingerprint density at radius 3 is 2.45 bits per heavy atom. The zero-order valence-corrected chi connectivity index (χ0v) is 15.9. The molecule has 6 nitrogen and oxygen atoms in total. The van der Waals surface area contributed by atoms with Crippen LogP contribution in [0.25, 0.3) is 22.1 Å². The van der Waals surface area contributed by atoms with Crippen molar-refractivity contribution in [3.8, 4) is 17.1 Å². The van der Waals surface area contributed by atoms with E-state index in [1.54, 1.807) is 42.5 Å². The molecule has 0 atom stereocenters. The van der Waals surface area contributed by atoms with Gasteiger partial charge in [0, 0.05) is 24.1 Å². The average Bonchev–Trinajstić information content (AvgIpc) is 3.08. The first kappa shape index (κ1) is 19.2. The maximum Gasteiger partial charge on any atom is 0.414 e. The second kappa shape index (κ2) is 7.04. The third-order valence-electron chi connectivity index (χ3n) is 4.54. The molecule has 0 spiro atoms. The first-order chi connectivity index (χ1) is 13.8. The third kappa shape index (κ3) is 3.75. The van der Waals surface area contributed by atoms with Gasteiger partial charge in [-0.05, 0) is 35.4 Å². The summed E-state index contributed by atoms with van der Waals surface area (Å²) in [5.41, 5.74) is 2.24. The monoisotopic (exact) mass is 420 g/mol. The molecule has 1 fully saturated rings. The fourth-order valence-corrected chi connectivity index (χ4v) is 3.35. The number of likely N-dealkylation sites (tertiary alicyclic amines) is 1. The van der Waals surface area contributed by atoms with E-state index in [2.05, 4.69) is 5.32 Å². The Morgan fingerprint density at radius 1 is 1.14 bits per heavy atom. The summed E-state index contributed by atoms with van der Waals surface area (Å²) in [6, 6.07) is 11.6. The number of halogens is 3. The Labute approximate surface area is 169 Å². The van der Waals surface area contributed by atoms with Crippen LogP contribution in [0.1, 0.15) is 10.4 Å². The van der Waals surface area contributed by atoms with Crippen molar-refractivity contribution < 1.29 is 27.5 Å². The van der Waals surface area contributed by atoms with E-state index in [4.69, 9.17) is 20.8 Å². The van der Waals surface area contributed by atoms with Crippen molar-refractivity contribution >= 4 is 34.6 Å². The van der Waals surface area contributed by atoms with Gasteiger partial charge in [0.2, 0.25) is 0 Å². The van der Waals surface area contributed by atoms with Gasteiger partial charge in [0.15, 0.2) is 5.58 Å². The quantitative estimate of drug-likeness (QED) is 0.674. The van der Waals surface area contributed by atoms with Crippen LogP contribution < -0.4 is 10.1 Å². The van der Waals surface area contributed by atoms with Gasteiger partial charge in [-0.2, -0.15) is 0 Å². The molecule has 2 amide bonds. The van der Waals surface area contributed by atoms with Gasteiger partial charge in [0.1, 0.15) is 0 Å². The lowest BCUT2D eigenvalue weighted by Crippen LogP contribution is -2.58. The van der Waals surface area contributed by atoms with Crippen molar-refractivity contribution in [2.75, 3.05) is 20.1 Å². The molecule has 2 heterocycles. The maximum absolute atomic E-state index is 13.0. The van der Waals surface area contributed by atoms with Crippen LogP contribution >= 0.6 is 11.6 Å². The van der Waals surface area contributed by atoms with Crippen molar-refractivity contribution in [2.24, 2.45) is 0 Å². The summed E-state index contributed by atoms with van der Waals surface area (Å²) < 4.78 is 36.3. The number of nitrogens with one attached hydrogen (secondary N) is 1. The van der Waals surface area contributed by atoms with Crippen LogP contribution in [0.15, 0.2) is 46.9 Å². The van der Waals surface area contributed by atoms with Crippen LogP contribution in [0.5, 0.6) is 5.95 Å². The van der Waals surface area contributed by atoms with E-state index < -0.39 is 31.0 Å². The summed E-state index contributed by atoms with van der Waals surface area (Å²) in [6.45, 7) is -1.11. The summed E-state index contributed by atoms with van der Waals surface area (Å²) in [5, 5.41) is 3.28. The third-order valence-corrected chi connectivity index (χ3v) is 4.82. The van der Waals surface area contributed by atoms with Crippen LogP contribution in [0.3, 0.4) is 0 Å². The molecule has 0 bridgehead atoms. The molecule has 3 aromatic rings. The Hall–Kier alpha value is -3.13. The first-order valence-electron chi connectivity index (χ1n) is 8.66. The number of rotatable bonds is 3. The van der Waals surface area contributed by atoms with Gasteiger partial charge >= 0.3 is 6.09 Å². The largest absolute Gasteiger partial charge is 0.424 e. The Morgan fingerprint density at radius 2 is 1.83 bits per heavy atom. The normalized spacial score (nSPS) is 15.1. The van der Waals surface area contributed by atoms with Crippen molar-refractivity contribution in [3.63, 3.8) is 0 Å². The molecule has 29 heavy (non-hydrogen) atoms. The highest BCUT2D eigenvalue weighted by molar-refractivity contribution is 6.35. The first-order valence-corrected chi connectivity index (χ1v) is 9.04. The lowest BCUT2D eigenvalue weighted by atomic mass is 10.0. The number of ether oxygens (including phenoxy) is 1. The van der Waals surface area contributed by atoms with E-state index in [0.29, 0.717) is 21.6 Å². The molecule has 1 saturated heterocycles. The minimum absolute atomic E-state index is 0.00527. The van der Waals surface area contributed by atoms with Gasteiger partial charge in [0.25, 0.3) is 17.8 Å². The molecule has 0 radical (unpaired) electrons. The van der Waals surface area contributed by atoms with Crippen molar-refractivity contribution in [2.45, 2.75) is 5.92 Å². The van der Waals surface area contributed by atoms with Crippen molar-refractivity contribution in [3.05, 3.63) is 53.1 Å². The fraction of sp³-hybridized carbons (Fsp3) is 0.200. The van der Waals surface area contributed by atoms with Gasteiger partial charge in [-0.15, -0.1) is 0 Å². The molecule has 150 valence electrons. The van der Waals surface area contributed by atoms with Crippen LogP contribution in [0.4, 0.5) is 13.6 Å². The van der Waals surface area contributed by atoms with Gasteiger partial charge in [-0.25, -0.2) is 13.6 Å². The SMILES string of the molecule is CNC(=O)Oc1cc2cc(-c3ccc(C(=O)N4CC(F)(F)C4)cc3)cc(Cl)c2o1. The Balaban J connectivity index is 1.58. The van der Waals surface area contributed by atoms with Gasteiger partial charge in [0.05, 0.1) is 18.1 Å². The molecule has 1 aliphatic rings. The van der Waals surface area contributed by atoms with E-state index >= 15 is 0 Å². The minimum Gasteiger partial charge on any atom is -0.424 e.